The van der Waals surface area contributed by atoms with Crippen LogP contribution in [0.15, 0.2) is 22.3 Å². The largest absolute Gasteiger partial charge is 0.323 e. The number of hydrogen-bond donors (Lipinski definition) is 2. The number of urea groups is 2. The summed E-state index contributed by atoms with van der Waals surface area (Å²) >= 11 is 0. The van der Waals surface area contributed by atoms with Gasteiger partial charge in [0, 0.05) is 18.8 Å². The number of nitrogens with one attached hydrogen (secondary N) is 2. The lowest BCUT2D eigenvalue weighted by atomic mass is 10.0. The van der Waals surface area contributed by atoms with E-state index in [0.717, 1.165) is 18.7 Å². The Morgan fingerprint density at radius 3 is 1.74 bits per heavy atom. The molecular weight excluding hydrogens is 392 g/mol. The smallest absolute Gasteiger partial charge is 0.313 e. The zero-order valence-electron chi connectivity index (χ0n) is 20.5. The maximum atomic E-state index is 12.8. The van der Waals surface area contributed by atoms with E-state index in [9.17, 15) is 9.59 Å². The van der Waals surface area contributed by atoms with Gasteiger partial charge in [-0.1, -0.05) is 34.3 Å². The minimum Gasteiger partial charge on any atom is -0.313 e. The van der Waals surface area contributed by atoms with Crippen molar-refractivity contribution in [2.24, 2.45) is 21.8 Å². The Kier molecular flexibility index (Phi) is 7.89. The topological polar surface area (TPSA) is 89.4 Å². The summed E-state index contributed by atoms with van der Waals surface area (Å²) in [6, 6.07) is -0.565. The zero-order chi connectivity index (χ0) is 23.5. The monoisotopic (exact) mass is 432 g/mol. The second kappa shape index (κ2) is 9.83. The molecular formula is C23H40N6O2. The Bertz CT molecular complexity index is 763. The number of aliphatic imine (C=N–C) groups is 2. The molecule has 31 heavy (non-hydrogen) atoms. The standard InChI is InChI=1S/C23H40N6O2/c1-14(2)12-17-19(24-16(5)6)25-21(30)28(17)10-11-29-18(13-15(3)4)20(26-22(29)31)27-23(7,8)9/h14-15,17-18H,5,10-13H2,1-4,6-9H3,(H,24,25,30)(H,26,27,31). The van der Waals surface area contributed by atoms with Crippen molar-refractivity contribution in [3.8, 4) is 0 Å². The molecule has 2 aliphatic rings. The first kappa shape index (κ1) is 24.9. The van der Waals surface area contributed by atoms with Gasteiger partial charge in [-0.05, 0) is 52.4 Å². The minimum atomic E-state index is -0.279. The lowest BCUT2D eigenvalue weighted by Gasteiger charge is -2.29. The molecule has 8 heteroatoms. The van der Waals surface area contributed by atoms with Gasteiger partial charge in [0.15, 0.2) is 0 Å². The SMILES string of the molecule is C=C(C)/N=C1/NC(=O)N(CCN2C(=O)N/C(=N/C(C)(C)C)C2CC(C)C)C1CC(C)C. The molecule has 2 rings (SSSR count). The first-order chi connectivity index (χ1) is 14.3. The van der Waals surface area contributed by atoms with Gasteiger partial charge in [-0.3, -0.25) is 15.6 Å². The van der Waals surface area contributed by atoms with Crippen LogP contribution in [0.1, 0.15) is 68.2 Å². The number of amidine groups is 2. The summed E-state index contributed by atoms with van der Waals surface area (Å²) < 4.78 is 0. The summed E-state index contributed by atoms with van der Waals surface area (Å²) in [4.78, 5) is 38.3. The first-order valence-electron chi connectivity index (χ1n) is 11.3. The molecule has 2 fully saturated rings. The second-order valence-corrected chi connectivity index (χ2v) is 10.4. The highest BCUT2D eigenvalue weighted by molar-refractivity contribution is 6.08. The number of hydrogen-bond acceptors (Lipinski definition) is 4. The lowest BCUT2D eigenvalue weighted by molar-refractivity contribution is 0.174. The molecule has 174 valence electrons. The van der Waals surface area contributed by atoms with Gasteiger partial charge < -0.3 is 9.80 Å². The molecule has 0 aromatic carbocycles. The van der Waals surface area contributed by atoms with Crippen LogP contribution >= 0.6 is 0 Å². The summed E-state index contributed by atoms with van der Waals surface area (Å²) in [6.07, 6.45) is 1.61. The number of carbonyl (C=O) groups excluding carboxylic acids is 2. The van der Waals surface area contributed by atoms with Gasteiger partial charge in [0.25, 0.3) is 0 Å². The van der Waals surface area contributed by atoms with Gasteiger partial charge in [-0.2, -0.15) is 0 Å². The molecule has 8 nitrogen and oxygen atoms in total. The van der Waals surface area contributed by atoms with Crippen LogP contribution in [0, 0.1) is 11.8 Å². The van der Waals surface area contributed by atoms with Crippen molar-refractivity contribution in [2.75, 3.05) is 13.1 Å². The number of amides is 4. The van der Waals surface area contributed by atoms with Crippen LogP contribution in [0.4, 0.5) is 9.59 Å². The van der Waals surface area contributed by atoms with Gasteiger partial charge in [0.2, 0.25) is 0 Å². The number of rotatable bonds is 8. The van der Waals surface area contributed by atoms with Crippen LogP contribution in [-0.4, -0.2) is 64.2 Å². The van der Waals surface area contributed by atoms with Crippen molar-refractivity contribution in [1.82, 2.24) is 20.4 Å². The predicted molar refractivity (Wildman–Crippen MR) is 126 cm³/mol. The minimum absolute atomic E-state index is 0.107. The van der Waals surface area contributed by atoms with Crippen LogP contribution < -0.4 is 10.6 Å². The summed E-state index contributed by atoms with van der Waals surface area (Å²) in [5.41, 5.74) is 0.378. The average molecular weight is 433 g/mol. The van der Waals surface area contributed by atoms with Crippen molar-refractivity contribution in [1.29, 1.82) is 0 Å². The van der Waals surface area contributed by atoms with Crippen molar-refractivity contribution < 1.29 is 9.59 Å². The van der Waals surface area contributed by atoms with Crippen LogP contribution in [0.5, 0.6) is 0 Å². The molecule has 4 amide bonds. The number of nitrogens with zero attached hydrogens (tertiary/aromatic N) is 4. The van der Waals surface area contributed by atoms with E-state index in [0.29, 0.717) is 36.5 Å². The molecule has 2 atom stereocenters. The van der Waals surface area contributed by atoms with E-state index < -0.39 is 0 Å². The lowest BCUT2D eigenvalue weighted by Crippen LogP contribution is -2.45. The molecule has 2 saturated heterocycles. The molecule has 0 spiro atoms. The molecule has 2 heterocycles. The molecule has 0 aromatic heterocycles. The highest BCUT2D eigenvalue weighted by atomic mass is 16.2. The average Bonchev–Trinajstić information content (AvgIpc) is 3.00. The zero-order valence-corrected chi connectivity index (χ0v) is 20.5. The van der Waals surface area contributed by atoms with Crippen LogP contribution in [0.25, 0.3) is 0 Å². The first-order valence-corrected chi connectivity index (χ1v) is 11.3. The van der Waals surface area contributed by atoms with E-state index in [-0.39, 0.29) is 29.7 Å². The maximum Gasteiger partial charge on any atom is 0.323 e. The predicted octanol–water partition coefficient (Wildman–Crippen LogP) is 4.00. The van der Waals surface area contributed by atoms with Gasteiger partial charge in [-0.25, -0.2) is 14.6 Å². The fourth-order valence-electron chi connectivity index (χ4n) is 3.98. The quantitative estimate of drug-likeness (QED) is 0.607. The maximum absolute atomic E-state index is 12.8. The van der Waals surface area contributed by atoms with E-state index in [1.54, 1.807) is 4.90 Å². The Morgan fingerprint density at radius 2 is 1.35 bits per heavy atom. The fourth-order valence-corrected chi connectivity index (χ4v) is 3.98. The van der Waals surface area contributed by atoms with E-state index in [1.807, 2.05) is 32.6 Å². The Balaban J connectivity index is 2.23. The summed E-state index contributed by atoms with van der Waals surface area (Å²) in [5, 5.41) is 5.86. The molecule has 0 aliphatic carbocycles. The highest BCUT2D eigenvalue weighted by Crippen LogP contribution is 2.23. The van der Waals surface area contributed by atoms with Gasteiger partial charge in [-0.15, -0.1) is 0 Å². The molecule has 2 aliphatic heterocycles. The Morgan fingerprint density at radius 1 is 0.935 bits per heavy atom. The number of allylic oxidation sites excluding steroid dienone is 1. The molecule has 0 bridgehead atoms. The summed E-state index contributed by atoms with van der Waals surface area (Å²) in [6.45, 7) is 21.1. The normalized spacial score (nSPS) is 24.7. The molecule has 0 saturated carbocycles. The van der Waals surface area contributed by atoms with Gasteiger partial charge >= 0.3 is 12.1 Å². The van der Waals surface area contributed by atoms with Crippen molar-refractivity contribution >= 4 is 23.7 Å². The second-order valence-electron chi connectivity index (χ2n) is 10.4. The molecule has 0 radical (unpaired) electrons. The van der Waals surface area contributed by atoms with E-state index in [2.05, 4.69) is 49.9 Å². The summed E-state index contributed by atoms with van der Waals surface area (Å²) in [7, 11) is 0. The molecule has 2 unspecified atom stereocenters. The Hall–Kier alpha value is -2.38. The summed E-state index contributed by atoms with van der Waals surface area (Å²) in [5.74, 6) is 2.17. The fraction of sp³-hybridized carbons (Fsp3) is 0.739. The van der Waals surface area contributed by atoms with Crippen LogP contribution in [-0.2, 0) is 0 Å². The van der Waals surface area contributed by atoms with E-state index in [4.69, 9.17) is 4.99 Å². The van der Waals surface area contributed by atoms with Gasteiger partial charge in [0.05, 0.1) is 17.6 Å². The molecule has 2 N–H and O–H groups in total. The number of carbonyl (C=O) groups is 2. The highest BCUT2D eigenvalue weighted by Gasteiger charge is 2.40. The van der Waals surface area contributed by atoms with Gasteiger partial charge in [0.1, 0.15) is 11.7 Å². The van der Waals surface area contributed by atoms with Crippen LogP contribution in [0.2, 0.25) is 0 Å². The third kappa shape index (κ3) is 6.80. The third-order valence-corrected chi connectivity index (χ3v) is 5.11. The van der Waals surface area contributed by atoms with Crippen molar-refractivity contribution in [2.45, 2.75) is 85.9 Å². The van der Waals surface area contributed by atoms with E-state index in [1.165, 1.54) is 0 Å². The third-order valence-electron chi connectivity index (χ3n) is 5.11. The van der Waals surface area contributed by atoms with E-state index >= 15 is 0 Å². The van der Waals surface area contributed by atoms with Crippen molar-refractivity contribution in [3.63, 3.8) is 0 Å². The Labute approximate surface area is 187 Å². The van der Waals surface area contributed by atoms with Crippen molar-refractivity contribution in [3.05, 3.63) is 12.3 Å². The molecule has 0 aromatic rings. The van der Waals surface area contributed by atoms with Crippen LogP contribution in [0.3, 0.4) is 0 Å².